The van der Waals surface area contributed by atoms with E-state index in [2.05, 4.69) is 16.8 Å². The molecule has 0 saturated carbocycles. The molecule has 6 nitrogen and oxygen atoms in total. The predicted molar refractivity (Wildman–Crippen MR) is 109 cm³/mol. The molecule has 0 unspecified atom stereocenters. The zero-order chi connectivity index (χ0) is 19.8. The molecular weight excluding hydrogens is 366 g/mol. The first kappa shape index (κ1) is 18.0. The molecule has 2 aliphatic heterocycles. The van der Waals surface area contributed by atoms with Crippen molar-refractivity contribution in [3.05, 3.63) is 69.5 Å². The van der Waals surface area contributed by atoms with Crippen LogP contribution in [0.2, 0.25) is 0 Å². The van der Waals surface area contributed by atoms with Crippen molar-refractivity contribution in [2.24, 2.45) is 0 Å². The molecule has 4 heterocycles. The highest BCUT2D eigenvalue weighted by molar-refractivity contribution is 5.79. The number of benzene rings is 1. The summed E-state index contributed by atoms with van der Waals surface area (Å²) in [5.74, 6) is 6.54. The molecule has 1 spiro atoms. The Morgan fingerprint density at radius 2 is 1.86 bits per heavy atom. The Morgan fingerprint density at radius 3 is 2.66 bits per heavy atom. The fourth-order valence-corrected chi connectivity index (χ4v) is 4.03. The Balaban J connectivity index is 1.51. The van der Waals surface area contributed by atoms with Gasteiger partial charge in [-0.25, -0.2) is 4.98 Å². The molecule has 3 aromatic rings. The van der Waals surface area contributed by atoms with Crippen LogP contribution >= 0.6 is 0 Å². The van der Waals surface area contributed by atoms with Gasteiger partial charge in [-0.2, -0.15) is 0 Å². The van der Waals surface area contributed by atoms with Crippen LogP contribution in [0.5, 0.6) is 0 Å². The van der Waals surface area contributed by atoms with Crippen LogP contribution in [0.15, 0.2) is 41.3 Å². The van der Waals surface area contributed by atoms with E-state index in [1.165, 1.54) is 0 Å². The van der Waals surface area contributed by atoms with Gasteiger partial charge in [-0.05, 0) is 37.3 Å². The third-order valence-electron chi connectivity index (χ3n) is 5.54. The maximum absolute atomic E-state index is 13.1. The Kier molecular flexibility index (Phi) is 4.42. The van der Waals surface area contributed by atoms with E-state index >= 15 is 0 Å². The minimum atomic E-state index is -0.564. The van der Waals surface area contributed by atoms with E-state index in [1.54, 1.807) is 10.8 Å². The van der Waals surface area contributed by atoms with Crippen LogP contribution in [0, 0.1) is 18.8 Å². The number of fused-ring (bicyclic) bond motifs is 2. The Morgan fingerprint density at radius 1 is 1.07 bits per heavy atom. The Bertz CT molecular complexity index is 1210. The molecule has 2 aliphatic rings. The van der Waals surface area contributed by atoms with Crippen LogP contribution in [0.25, 0.3) is 10.9 Å². The summed E-state index contributed by atoms with van der Waals surface area (Å²) in [5, 5.41) is 0.614. The lowest BCUT2D eigenvalue weighted by atomic mass is 10.1. The van der Waals surface area contributed by atoms with Crippen molar-refractivity contribution in [3.63, 3.8) is 0 Å². The van der Waals surface area contributed by atoms with E-state index < -0.39 is 5.79 Å². The summed E-state index contributed by atoms with van der Waals surface area (Å²) >= 11 is 0. The quantitative estimate of drug-likeness (QED) is 0.555. The largest absolute Gasteiger partial charge is 0.347 e. The van der Waals surface area contributed by atoms with E-state index in [-0.39, 0.29) is 5.56 Å². The molecule has 1 aromatic carbocycles. The SMILES string of the molecule is Cc1cc(C#Cc2ccc3c(=O)n4c(nc3c2)CCC2(CC4)OCCO2)ccn1. The minimum absolute atomic E-state index is 0.00989. The van der Waals surface area contributed by atoms with Crippen molar-refractivity contribution in [2.75, 3.05) is 13.2 Å². The number of ether oxygens (including phenoxy) is 2. The molecule has 146 valence electrons. The average molecular weight is 387 g/mol. The molecule has 2 aromatic heterocycles. The number of hydrogen-bond donors (Lipinski definition) is 0. The summed E-state index contributed by atoms with van der Waals surface area (Å²) in [5.41, 5.74) is 3.35. The molecule has 0 atom stereocenters. The van der Waals surface area contributed by atoms with E-state index in [0.717, 1.165) is 22.6 Å². The molecule has 0 bridgehead atoms. The third-order valence-corrected chi connectivity index (χ3v) is 5.54. The second-order valence-electron chi connectivity index (χ2n) is 7.51. The molecule has 1 fully saturated rings. The zero-order valence-corrected chi connectivity index (χ0v) is 16.3. The third kappa shape index (κ3) is 3.44. The molecule has 0 aliphatic carbocycles. The van der Waals surface area contributed by atoms with Gasteiger partial charge >= 0.3 is 0 Å². The Hall–Kier alpha value is -3.01. The van der Waals surface area contributed by atoms with Gasteiger partial charge in [0.2, 0.25) is 0 Å². The van der Waals surface area contributed by atoms with Gasteiger partial charge in [0.15, 0.2) is 5.79 Å². The van der Waals surface area contributed by atoms with Crippen LogP contribution in [0.3, 0.4) is 0 Å². The number of rotatable bonds is 0. The van der Waals surface area contributed by atoms with Gasteiger partial charge < -0.3 is 9.47 Å². The van der Waals surface area contributed by atoms with Gasteiger partial charge in [-0.1, -0.05) is 11.8 Å². The van der Waals surface area contributed by atoms with Crippen molar-refractivity contribution in [1.82, 2.24) is 14.5 Å². The number of nitrogens with zero attached hydrogens (tertiary/aromatic N) is 3. The summed E-state index contributed by atoms with van der Waals surface area (Å²) in [6.07, 6.45) is 3.78. The fourth-order valence-electron chi connectivity index (χ4n) is 4.03. The highest BCUT2D eigenvalue weighted by atomic mass is 16.7. The second-order valence-corrected chi connectivity index (χ2v) is 7.51. The number of pyridine rings is 1. The molecule has 6 heteroatoms. The number of hydrogen-bond acceptors (Lipinski definition) is 5. The maximum Gasteiger partial charge on any atom is 0.261 e. The summed E-state index contributed by atoms with van der Waals surface area (Å²) in [7, 11) is 0. The van der Waals surface area contributed by atoms with Crippen LogP contribution in [0.1, 0.15) is 35.5 Å². The van der Waals surface area contributed by atoms with Crippen molar-refractivity contribution >= 4 is 10.9 Å². The van der Waals surface area contributed by atoms with E-state index in [0.29, 0.717) is 49.9 Å². The van der Waals surface area contributed by atoms with Gasteiger partial charge in [0.05, 0.1) is 24.1 Å². The predicted octanol–water partition coefficient (Wildman–Crippen LogP) is 2.58. The molecule has 0 N–H and O–H groups in total. The first-order valence-electron chi connectivity index (χ1n) is 9.88. The number of aromatic nitrogens is 3. The summed E-state index contributed by atoms with van der Waals surface area (Å²) < 4.78 is 13.5. The van der Waals surface area contributed by atoms with E-state index in [1.807, 2.05) is 37.3 Å². The minimum Gasteiger partial charge on any atom is -0.347 e. The lowest BCUT2D eigenvalue weighted by Gasteiger charge is -2.24. The van der Waals surface area contributed by atoms with Crippen LogP contribution in [-0.4, -0.2) is 33.5 Å². The molecule has 0 radical (unpaired) electrons. The molecule has 29 heavy (non-hydrogen) atoms. The number of aryl methyl sites for hydroxylation is 2. The van der Waals surface area contributed by atoms with Gasteiger partial charge in [-0.15, -0.1) is 0 Å². The van der Waals surface area contributed by atoms with Gasteiger partial charge in [0.1, 0.15) is 5.82 Å². The molecule has 0 amide bonds. The van der Waals surface area contributed by atoms with Crippen molar-refractivity contribution < 1.29 is 9.47 Å². The second kappa shape index (κ2) is 7.11. The monoisotopic (exact) mass is 387 g/mol. The maximum atomic E-state index is 13.1. The topological polar surface area (TPSA) is 66.2 Å². The lowest BCUT2D eigenvalue weighted by Crippen LogP contribution is -2.31. The van der Waals surface area contributed by atoms with Gasteiger partial charge in [-0.3, -0.25) is 14.3 Å². The van der Waals surface area contributed by atoms with Crippen LogP contribution in [0.4, 0.5) is 0 Å². The van der Waals surface area contributed by atoms with Gasteiger partial charge in [0, 0.05) is 48.8 Å². The highest BCUT2D eigenvalue weighted by Crippen LogP contribution is 2.31. The summed E-state index contributed by atoms with van der Waals surface area (Å²) in [6, 6.07) is 9.42. The van der Waals surface area contributed by atoms with Crippen molar-refractivity contribution in [3.8, 4) is 11.8 Å². The van der Waals surface area contributed by atoms with Crippen LogP contribution in [-0.2, 0) is 22.4 Å². The fraction of sp³-hybridized carbons (Fsp3) is 0.348. The lowest BCUT2D eigenvalue weighted by molar-refractivity contribution is -0.165. The van der Waals surface area contributed by atoms with Crippen molar-refractivity contribution in [2.45, 2.75) is 38.5 Å². The standard InChI is InChI=1S/C23H21N3O3/c1-16-14-18(7-10-24-16)3-2-17-4-5-19-20(15-17)25-21-6-8-23(28-12-13-29-23)9-11-26(21)22(19)27/h4-5,7,10,14-15H,6,8-9,11-13H2,1H3. The molecular formula is C23H21N3O3. The first-order valence-corrected chi connectivity index (χ1v) is 9.88. The van der Waals surface area contributed by atoms with Crippen LogP contribution < -0.4 is 5.56 Å². The Labute approximate surface area is 168 Å². The summed E-state index contributed by atoms with van der Waals surface area (Å²) in [6.45, 7) is 3.72. The molecule has 5 rings (SSSR count). The van der Waals surface area contributed by atoms with E-state index in [9.17, 15) is 4.79 Å². The smallest absolute Gasteiger partial charge is 0.261 e. The highest BCUT2D eigenvalue weighted by Gasteiger charge is 2.38. The molecule has 1 saturated heterocycles. The van der Waals surface area contributed by atoms with E-state index in [4.69, 9.17) is 14.5 Å². The van der Waals surface area contributed by atoms with Crippen molar-refractivity contribution in [1.29, 1.82) is 0 Å². The zero-order valence-electron chi connectivity index (χ0n) is 16.3. The van der Waals surface area contributed by atoms with Gasteiger partial charge in [0.25, 0.3) is 5.56 Å². The first-order chi connectivity index (χ1) is 14.1. The summed E-state index contributed by atoms with van der Waals surface area (Å²) in [4.78, 5) is 22.0. The normalized spacial score (nSPS) is 17.6. The average Bonchev–Trinajstić information content (AvgIpc) is 3.11.